The monoisotopic (exact) mass is 439 g/mol. The Hall–Kier alpha value is -2.50. The van der Waals surface area contributed by atoms with Gasteiger partial charge in [0, 0.05) is 6.20 Å². The first-order chi connectivity index (χ1) is 13.7. The Bertz CT molecular complexity index is 1120. The molecule has 1 fully saturated rings. The lowest BCUT2D eigenvalue weighted by atomic mass is 10.2. The molecule has 2 heterocycles. The molecule has 1 aromatic carbocycles. The van der Waals surface area contributed by atoms with Gasteiger partial charge in [0.25, 0.3) is 0 Å². The second-order valence-electron chi connectivity index (χ2n) is 6.49. The number of pyridine rings is 1. The van der Waals surface area contributed by atoms with Crippen LogP contribution in [0.2, 0.25) is 0 Å². The maximum atomic E-state index is 12.9. The fourth-order valence-electron chi connectivity index (χ4n) is 2.94. The van der Waals surface area contributed by atoms with Crippen LogP contribution in [0.3, 0.4) is 0 Å². The Morgan fingerprint density at radius 2 is 2.03 bits per heavy atom. The number of carbonyl (C=O) groups is 1. The molecule has 2 aromatic rings. The fraction of sp³-hybridized carbons (Fsp3) is 0.333. The van der Waals surface area contributed by atoms with Crippen molar-refractivity contribution < 1.29 is 26.4 Å². The topological polar surface area (TPSA) is 123 Å². The minimum absolute atomic E-state index is 0.0407. The first kappa shape index (κ1) is 21.2. The highest BCUT2D eigenvalue weighted by Crippen LogP contribution is 2.34. The highest BCUT2D eigenvalue weighted by molar-refractivity contribution is 7.94. The Balaban J connectivity index is 2.00. The number of ether oxygens (including phenoxy) is 1. The summed E-state index contributed by atoms with van der Waals surface area (Å²) in [5.41, 5.74) is 0.470. The number of anilines is 1. The Morgan fingerprint density at radius 3 is 2.62 bits per heavy atom. The van der Waals surface area contributed by atoms with E-state index < -0.39 is 31.9 Å². The predicted octanol–water partition coefficient (Wildman–Crippen LogP) is 1.27. The molecule has 1 aliphatic rings. The minimum Gasteiger partial charge on any atom is -0.492 e. The van der Waals surface area contributed by atoms with Crippen molar-refractivity contribution in [1.29, 1.82) is 0 Å². The van der Waals surface area contributed by atoms with E-state index in [0.717, 1.165) is 6.07 Å². The van der Waals surface area contributed by atoms with Crippen LogP contribution in [-0.4, -0.2) is 40.1 Å². The second-order valence-corrected chi connectivity index (χ2v) is 10.1. The van der Waals surface area contributed by atoms with Crippen molar-refractivity contribution in [1.82, 2.24) is 9.71 Å². The van der Waals surface area contributed by atoms with Gasteiger partial charge in [0.05, 0.1) is 36.2 Å². The molecule has 1 unspecified atom stereocenters. The van der Waals surface area contributed by atoms with Crippen LogP contribution in [0, 0.1) is 5.92 Å². The summed E-state index contributed by atoms with van der Waals surface area (Å²) < 4.78 is 59.0. The number of aromatic nitrogens is 1. The summed E-state index contributed by atoms with van der Waals surface area (Å²) >= 11 is 0. The average molecular weight is 440 g/mol. The number of hydrogen-bond donors (Lipinski definition) is 1. The maximum absolute atomic E-state index is 12.9. The smallest absolute Gasteiger partial charge is 0.244 e. The molecule has 0 radical (unpaired) electrons. The average Bonchev–Trinajstić information content (AvgIpc) is 2.88. The van der Waals surface area contributed by atoms with Gasteiger partial charge in [-0.05, 0) is 37.3 Å². The van der Waals surface area contributed by atoms with Crippen molar-refractivity contribution in [2.24, 2.45) is 5.92 Å². The molecule has 0 spiro atoms. The third-order valence-corrected chi connectivity index (χ3v) is 7.57. The lowest BCUT2D eigenvalue weighted by molar-refractivity contribution is -0.119. The van der Waals surface area contributed by atoms with Crippen LogP contribution >= 0.6 is 0 Å². The van der Waals surface area contributed by atoms with E-state index in [4.69, 9.17) is 4.74 Å². The van der Waals surface area contributed by atoms with E-state index in [-0.39, 0.29) is 35.2 Å². The predicted molar refractivity (Wildman–Crippen MR) is 106 cm³/mol. The summed E-state index contributed by atoms with van der Waals surface area (Å²) in [6.45, 7) is 3.36. The lowest BCUT2D eigenvalue weighted by Gasteiger charge is -2.18. The standard InChI is InChI=1S/C18H21N3O6S2/c1-3-27-16-8-7-15(21-18(22)13(2)12-28(21,23)24)10-17(16)29(25,26)20-11-14-6-4-5-9-19-14/h4-10,13,20H,3,11-12H2,1-2H3. The number of rotatable bonds is 7. The van der Waals surface area contributed by atoms with Crippen LogP contribution in [0.5, 0.6) is 5.75 Å². The number of sulfonamides is 2. The highest BCUT2D eigenvalue weighted by atomic mass is 32.2. The van der Waals surface area contributed by atoms with Crippen molar-refractivity contribution in [3.05, 3.63) is 48.3 Å². The molecule has 1 aliphatic heterocycles. The molecule has 1 amide bonds. The van der Waals surface area contributed by atoms with Crippen molar-refractivity contribution in [2.75, 3.05) is 16.7 Å². The van der Waals surface area contributed by atoms with E-state index in [2.05, 4.69) is 9.71 Å². The zero-order valence-corrected chi connectivity index (χ0v) is 17.5. The molecule has 0 bridgehead atoms. The number of hydrogen-bond acceptors (Lipinski definition) is 7. The quantitative estimate of drug-likeness (QED) is 0.689. The molecule has 0 aliphatic carbocycles. The zero-order valence-electron chi connectivity index (χ0n) is 15.9. The summed E-state index contributed by atoms with van der Waals surface area (Å²) in [5.74, 6) is -1.56. The molecule has 1 aromatic heterocycles. The summed E-state index contributed by atoms with van der Waals surface area (Å²) in [6, 6.07) is 8.95. The number of nitrogens with zero attached hydrogens (tertiary/aromatic N) is 2. The van der Waals surface area contributed by atoms with Gasteiger partial charge in [0.2, 0.25) is 26.0 Å². The Morgan fingerprint density at radius 1 is 1.28 bits per heavy atom. The molecule has 3 rings (SSSR count). The van der Waals surface area contributed by atoms with E-state index in [1.54, 1.807) is 31.3 Å². The maximum Gasteiger partial charge on any atom is 0.244 e. The van der Waals surface area contributed by atoms with E-state index >= 15 is 0 Å². The molecular formula is C18H21N3O6S2. The third kappa shape index (κ3) is 4.41. The van der Waals surface area contributed by atoms with Gasteiger partial charge in [0.1, 0.15) is 10.6 Å². The number of carbonyl (C=O) groups excluding carboxylic acids is 1. The normalized spacial score (nSPS) is 18.8. The Labute approximate surface area is 169 Å². The first-order valence-corrected chi connectivity index (χ1v) is 12.0. The molecule has 156 valence electrons. The van der Waals surface area contributed by atoms with Crippen LogP contribution in [0.1, 0.15) is 19.5 Å². The van der Waals surface area contributed by atoms with Crippen molar-refractivity contribution in [2.45, 2.75) is 25.3 Å². The minimum atomic E-state index is -4.08. The molecule has 1 saturated heterocycles. The third-order valence-electron chi connectivity index (χ3n) is 4.28. The van der Waals surface area contributed by atoms with Gasteiger partial charge in [-0.2, -0.15) is 0 Å². The summed E-state index contributed by atoms with van der Waals surface area (Å²) in [7, 11) is -7.94. The van der Waals surface area contributed by atoms with Crippen molar-refractivity contribution in [3.8, 4) is 5.75 Å². The van der Waals surface area contributed by atoms with Gasteiger partial charge >= 0.3 is 0 Å². The molecular weight excluding hydrogens is 418 g/mol. The number of nitrogens with one attached hydrogen (secondary N) is 1. The molecule has 1 N–H and O–H groups in total. The van der Waals surface area contributed by atoms with Crippen LogP contribution in [0.4, 0.5) is 5.69 Å². The van der Waals surface area contributed by atoms with Gasteiger partial charge < -0.3 is 4.74 Å². The van der Waals surface area contributed by atoms with Crippen LogP contribution in [-0.2, 0) is 31.4 Å². The van der Waals surface area contributed by atoms with E-state index in [0.29, 0.717) is 10.00 Å². The zero-order chi connectivity index (χ0) is 21.2. The molecule has 0 saturated carbocycles. The highest BCUT2D eigenvalue weighted by Gasteiger charge is 2.42. The summed E-state index contributed by atoms with van der Waals surface area (Å²) in [4.78, 5) is 16.2. The molecule has 29 heavy (non-hydrogen) atoms. The van der Waals surface area contributed by atoms with Crippen LogP contribution in [0.25, 0.3) is 0 Å². The SMILES string of the molecule is CCOc1ccc(N2C(=O)C(C)CS2(=O)=O)cc1S(=O)(=O)NCc1ccccn1. The van der Waals surface area contributed by atoms with Crippen molar-refractivity contribution in [3.63, 3.8) is 0 Å². The Kier molecular flexibility index (Phi) is 5.92. The van der Waals surface area contributed by atoms with Crippen LogP contribution < -0.4 is 13.8 Å². The summed E-state index contributed by atoms with van der Waals surface area (Å²) in [6.07, 6.45) is 1.54. The van der Waals surface area contributed by atoms with Crippen LogP contribution in [0.15, 0.2) is 47.5 Å². The van der Waals surface area contributed by atoms with Gasteiger partial charge in [-0.3, -0.25) is 9.78 Å². The van der Waals surface area contributed by atoms with Gasteiger partial charge in [0.15, 0.2) is 0 Å². The van der Waals surface area contributed by atoms with Gasteiger partial charge in [-0.1, -0.05) is 13.0 Å². The number of amides is 1. The lowest BCUT2D eigenvalue weighted by Crippen LogP contribution is -2.31. The van der Waals surface area contributed by atoms with Gasteiger partial charge in [-0.15, -0.1) is 0 Å². The van der Waals surface area contributed by atoms with Gasteiger partial charge in [-0.25, -0.2) is 25.9 Å². The largest absolute Gasteiger partial charge is 0.492 e. The number of benzene rings is 1. The van der Waals surface area contributed by atoms with E-state index in [1.807, 2.05) is 0 Å². The first-order valence-electron chi connectivity index (χ1n) is 8.89. The van der Waals surface area contributed by atoms with E-state index in [1.165, 1.54) is 19.1 Å². The fourth-order valence-corrected chi connectivity index (χ4v) is 5.92. The molecule has 11 heteroatoms. The van der Waals surface area contributed by atoms with E-state index in [9.17, 15) is 21.6 Å². The second kappa shape index (κ2) is 8.09. The van der Waals surface area contributed by atoms with Crippen molar-refractivity contribution >= 4 is 31.6 Å². The molecule has 9 nitrogen and oxygen atoms in total. The summed E-state index contributed by atoms with van der Waals surface area (Å²) in [5, 5.41) is 0. The molecule has 1 atom stereocenters.